The van der Waals surface area contributed by atoms with E-state index in [0.717, 1.165) is 4.88 Å². The SMILES string of the molecule is Cc1nc(-c2cncs2)[nH]c(=O)c1CC(=O)O. The quantitative estimate of drug-likeness (QED) is 0.842. The number of hydrogen-bond acceptors (Lipinski definition) is 5. The lowest BCUT2D eigenvalue weighted by Crippen LogP contribution is -2.20. The third-order valence-corrected chi connectivity index (χ3v) is 3.00. The lowest BCUT2D eigenvalue weighted by Gasteiger charge is -2.03. The van der Waals surface area contributed by atoms with Gasteiger partial charge in [-0.15, -0.1) is 11.3 Å². The number of rotatable bonds is 3. The lowest BCUT2D eigenvalue weighted by atomic mass is 10.2. The van der Waals surface area contributed by atoms with Crippen molar-refractivity contribution in [2.24, 2.45) is 0 Å². The van der Waals surface area contributed by atoms with E-state index in [0.29, 0.717) is 11.5 Å². The van der Waals surface area contributed by atoms with Gasteiger partial charge in [0.05, 0.1) is 16.8 Å². The minimum Gasteiger partial charge on any atom is -0.481 e. The van der Waals surface area contributed by atoms with Gasteiger partial charge < -0.3 is 10.1 Å². The number of aromatic nitrogens is 3. The first kappa shape index (κ1) is 11.5. The van der Waals surface area contributed by atoms with E-state index in [4.69, 9.17) is 5.11 Å². The Morgan fingerprint density at radius 1 is 1.59 bits per heavy atom. The predicted octanol–water partition coefficient (Wildman–Crippen LogP) is 0.829. The monoisotopic (exact) mass is 251 g/mol. The van der Waals surface area contributed by atoms with Crippen LogP contribution in [-0.4, -0.2) is 26.0 Å². The molecule has 2 aromatic rings. The minimum absolute atomic E-state index is 0.186. The molecule has 88 valence electrons. The molecule has 0 saturated heterocycles. The second kappa shape index (κ2) is 4.46. The Hall–Kier alpha value is -2.02. The summed E-state index contributed by atoms with van der Waals surface area (Å²) in [6, 6.07) is 0. The second-order valence-electron chi connectivity index (χ2n) is 3.41. The zero-order valence-electron chi connectivity index (χ0n) is 8.93. The van der Waals surface area contributed by atoms with Crippen LogP contribution in [0.15, 0.2) is 16.5 Å². The third-order valence-electron chi connectivity index (χ3n) is 2.22. The maximum Gasteiger partial charge on any atom is 0.308 e. The molecule has 0 amide bonds. The molecule has 0 radical (unpaired) electrons. The van der Waals surface area contributed by atoms with Crippen LogP contribution in [-0.2, 0) is 11.2 Å². The zero-order chi connectivity index (χ0) is 12.4. The van der Waals surface area contributed by atoms with E-state index in [1.165, 1.54) is 11.3 Å². The molecule has 0 aliphatic carbocycles. The highest BCUT2D eigenvalue weighted by Gasteiger charge is 2.12. The summed E-state index contributed by atoms with van der Waals surface area (Å²) in [4.78, 5) is 33.7. The largest absolute Gasteiger partial charge is 0.481 e. The first-order valence-corrected chi connectivity index (χ1v) is 5.66. The van der Waals surface area contributed by atoms with E-state index in [9.17, 15) is 9.59 Å². The number of aromatic amines is 1. The lowest BCUT2D eigenvalue weighted by molar-refractivity contribution is -0.136. The number of H-pyrrole nitrogens is 1. The summed E-state index contributed by atoms with van der Waals surface area (Å²) in [5, 5.41) is 8.68. The van der Waals surface area contributed by atoms with Gasteiger partial charge in [0.25, 0.3) is 5.56 Å². The summed E-state index contributed by atoms with van der Waals surface area (Å²) in [6.45, 7) is 1.62. The van der Waals surface area contributed by atoms with Crippen LogP contribution < -0.4 is 5.56 Å². The number of thiazole rings is 1. The topological polar surface area (TPSA) is 95.9 Å². The van der Waals surface area contributed by atoms with Crippen LogP contribution >= 0.6 is 11.3 Å². The molecule has 7 heteroatoms. The van der Waals surface area contributed by atoms with Crippen molar-refractivity contribution in [3.63, 3.8) is 0 Å². The van der Waals surface area contributed by atoms with Gasteiger partial charge in [0.15, 0.2) is 5.82 Å². The van der Waals surface area contributed by atoms with Crippen LogP contribution in [0.1, 0.15) is 11.3 Å². The Balaban J connectivity index is 2.49. The molecule has 0 fully saturated rings. The smallest absolute Gasteiger partial charge is 0.308 e. The maximum absolute atomic E-state index is 11.7. The van der Waals surface area contributed by atoms with E-state index in [1.54, 1.807) is 18.6 Å². The van der Waals surface area contributed by atoms with E-state index < -0.39 is 11.5 Å². The van der Waals surface area contributed by atoms with Gasteiger partial charge in [-0.3, -0.25) is 14.6 Å². The Morgan fingerprint density at radius 3 is 2.88 bits per heavy atom. The van der Waals surface area contributed by atoms with Crippen LogP contribution in [0.25, 0.3) is 10.7 Å². The van der Waals surface area contributed by atoms with Crippen molar-refractivity contribution >= 4 is 17.3 Å². The highest BCUT2D eigenvalue weighted by molar-refractivity contribution is 7.13. The number of nitrogens with zero attached hydrogens (tertiary/aromatic N) is 2. The van der Waals surface area contributed by atoms with E-state index >= 15 is 0 Å². The average Bonchev–Trinajstić information content (AvgIpc) is 2.76. The van der Waals surface area contributed by atoms with E-state index in [1.807, 2.05) is 0 Å². The molecule has 0 aliphatic heterocycles. The summed E-state index contributed by atoms with van der Waals surface area (Å²) < 4.78 is 0. The van der Waals surface area contributed by atoms with Crippen molar-refractivity contribution in [3.05, 3.63) is 33.3 Å². The zero-order valence-corrected chi connectivity index (χ0v) is 9.74. The molecule has 0 aromatic carbocycles. The summed E-state index contributed by atoms with van der Waals surface area (Å²) in [5.74, 6) is -0.630. The molecule has 17 heavy (non-hydrogen) atoms. The average molecular weight is 251 g/mol. The summed E-state index contributed by atoms with van der Waals surface area (Å²) in [6.07, 6.45) is 1.27. The van der Waals surface area contributed by atoms with Crippen molar-refractivity contribution in [1.29, 1.82) is 0 Å². The van der Waals surface area contributed by atoms with Crippen molar-refractivity contribution in [1.82, 2.24) is 15.0 Å². The van der Waals surface area contributed by atoms with Gasteiger partial charge >= 0.3 is 5.97 Å². The molecule has 2 rings (SSSR count). The van der Waals surface area contributed by atoms with Crippen molar-refractivity contribution in [3.8, 4) is 10.7 Å². The molecule has 0 bridgehead atoms. The molecule has 0 unspecified atom stereocenters. The van der Waals surface area contributed by atoms with Crippen LogP contribution in [0, 0.1) is 6.92 Å². The maximum atomic E-state index is 11.7. The number of hydrogen-bond donors (Lipinski definition) is 2. The standard InChI is InChI=1S/C10H9N3O3S/c1-5-6(2-8(14)15)10(16)13-9(12-5)7-3-11-4-17-7/h3-4H,2H2,1H3,(H,14,15)(H,12,13,16). The number of carbonyl (C=O) groups is 1. The van der Waals surface area contributed by atoms with Crippen LogP contribution in [0.2, 0.25) is 0 Å². The molecule has 2 N–H and O–H groups in total. The molecule has 0 spiro atoms. The first-order chi connectivity index (χ1) is 8.08. The van der Waals surface area contributed by atoms with Gasteiger partial charge in [-0.05, 0) is 6.92 Å². The van der Waals surface area contributed by atoms with E-state index in [-0.39, 0.29) is 12.0 Å². The Bertz CT molecular complexity index is 604. The molecule has 2 aromatic heterocycles. The van der Waals surface area contributed by atoms with E-state index in [2.05, 4.69) is 15.0 Å². The highest BCUT2D eigenvalue weighted by Crippen LogP contribution is 2.18. The number of aryl methyl sites for hydroxylation is 1. The fraction of sp³-hybridized carbons (Fsp3) is 0.200. The van der Waals surface area contributed by atoms with Crippen LogP contribution in [0.4, 0.5) is 0 Å². The van der Waals surface area contributed by atoms with Gasteiger partial charge in [-0.1, -0.05) is 0 Å². The van der Waals surface area contributed by atoms with Crippen molar-refractivity contribution in [2.45, 2.75) is 13.3 Å². The third kappa shape index (κ3) is 2.39. The van der Waals surface area contributed by atoms with Crippen LogP contribution in [0.5, 0.6) is 0 Å². The highest BCUT2D eigenvalue weighted by atomic mass is 32.1. The summed E-state index contributed by atoms with van der Waals surface area (Å²) >= 11 is 1.35. The van der Waals surface area contributed by atoms with Crippen molar-refractivity contribution in [2.75, 3.05) is 0 Å². The Morgan fingerprint density at radius 2 is 2.35 bits per heavy atom. The number of nitrogens with one attached hydrogen (secondary N) is 1. The van der Waals surface area contributed by atoms with Gasteiger partial charge in [0.2, 0.25) is 0 Å². The minimum atomic E-state index is -1.05. The van der Waals surface area contributed by atoms with Gasteiger partial charge in [0, 0.05) is 17.5 Å². The molecule has 0 saturated carbocycles. The van der Waals surface area contributed by atoms with Gasteiger partial charge in [-0.25, -0.2) is 4.98 Å². The second-order valence-corrected chi connectivity index (χ2v) is 4.30. The summed E-state index contributed by atoms with van der Waals surface area (Å²) in [7, 11) is 0. The molecule has 0 aliphatic rings. The number of aliphatic carboxylic acids is 1. The predicted molar refractivity (Wildman–Crippen MR) is 62.0 cm³/mol. The molecule has 2 heterocycles. The number of carboxylic acid groups (broad SMARTS) is 1. The molecule has 6 nitrogen and oxygen atoms in total. The molecular weight excluding hydrogens is 242 g/mol. The normalized spacial score (nSPS) is 10.4. The van der Waals surface area contributed by atoms with Gasteiger partial charge in [0.1, 0.15) is 0 Å². The van der Waals surface area contributed by atoms with Crippen molar-refractivity contribution < 1.29 is 9.90 Å². The van der Waals surface area contributed by atoms with Gasteiger partial charge in [-0.2, -0.15) is 0 Å². The molecular formula is C10H9N3O3S. The first-order valence-electron chi connectivity index (χ1n) is 4.78. The fourth-order valence-corrected chi connectivity index (χ4v) is 1.98. The Kier molecular flexibility index (Phi) is 3.01. The molecule has 0 atom stereocenters. The Labute approximate surface area is 100.0 Å². The number of carboxylic acids is 1. The fourth-order valence-electron chi connectivity index (χ4n) is 1.42. The van der Waals surface area contributed by atoms with Crippen LogP contribution in [0.3, 0.4) is 0 Å². The summed E-state index contributed by atoms with van der Waals surface area (Å²) in [5.41, 5.74) is 1.84.